The summed E-state index contributed by atoms with van der Waals surface area (Å²) in [5.74, 6) is 1.31. The minimum Gasteiger partial charge on any atom is -0.491 e. The SMILES string of the molecule is Cc1c(Cl)cccc1OC(C)(C)COC(=O)N1CCCOc2c(-c3cn[nH]c3)cccc21. The third kappa shape index (κ3) is 4.67. The first-order chi connectivity index (χ1) is 15.4. The van der Waals surface area contributed by atoms with Crippen LogP contribution >= 0.6 is 11.6 Å². The predicted octanol–water partition coefficient (Wildman–Crippen LogP) is 5.62. The first kappa shape index (κ1) is 22.0. The van der Waals surface area contributed by atoms with E-state index in [1.807, 2.05) is 57.2 Å². The standard InChI is InChI=1S/C24H26ClN3O4/c1-16-19(25)8-5-10-21(16)32-24(2,3)15-31-23(29)28-11-6-12-30-22-18(7-4-9-20(22)28)17-13-26-27-14-17/h4-5,7-10,13-14H,6,11-12,15H2,1-3H3,(H,26,27). The zero-order valence-electron chi connectivity index (χ0n) is 18.4. The Morgan fingerprint density at radius 3 is 2.88 bits per heavy atom. The molecule has 168 valence electrons. The number of nitrogens with one attached hydrogen (secondary N) is 1. The maximum Gasteiger partial charge on any atom is 0.414 e. The molecule has 4 rings (SSSR count). The zero-order chi connectivity index (χ0) is 22.7. The molecule has 0 fully saturated rings. The minimum absolute atomic E-state index is 0.0753. The highest BCUT2D eigenvalue weighted by molar-refractivity contribution is 6.31. The fourth-order valence-corrected chi connectivity index (χ4v) is 3.73. The monoisotopic (exact) mass is 455 g/mol. The average molecular weight is 456 g/mol. The number of amides is 1. The predicted molar refractivity (Wildman–Crippen MR) is 124 cm³/mol. The molecule has 3 aromatic rings. The number of carbonyl (C=O) groups is 1. The first-order valence-electron chi connectivity index (χ1n) is 10.5. The third-order valence-corrected chi connectivity index (χ3v) is 5.64. The van der Waals surface area contributed by atoms with Crippen molar-refractivity contribution in [2.75, 3.05) is 24.7 Å². The minimum atomic E-state index is -0.741. The third-order valence-electron chi connectivity index (χ3n) is 5.23. The largest absolute Gasteiger partial charge is 0.491 e. The molecule has 8 heteroatoms. The van der Waals surface area contributed by atoms with Gasteiger partial charge in [-0.3, -0.25) is 10.00 Å². The van der Waals surface area contributed by atoms with Gasteiger partial charge in [-0.1, -0.05) is 29.8 Å². The van der Waals surface area contributed by atoms with Gasteiger partial charge < -0.3 is 14.2 Å². The van der Waals surface area contributed by atoms with Crippen LogP contribution in [0.25, 0.3) is 11.1 Å². The fourth-order valence-electron chi connectivity index (χ4n) is 3.56. The van der Waals surface area contributed by atoms with Crippen LogP contribution in [0.15, 0.2) is 48.8 Å². The molecule has 1 aromatic heterocycles. The van der Waals surface area contributed by atoms with Crippen LogP contribution < -0.4 is 14.4 Å². The lowest BCUT2D eigenvalue weighted by Crippen LogP contribution is -2.39. The van der Waals surface area contributed by atoms with Gasteiger partial charge in [-0.25, -0.2) is 4.79 Å². The summed E-state index contributed by atoms with van der Waals surface area (Å²) in [6, 6.07) is 11.2. The second kappa shape index (κ2) is 9.12. The Morgan fingerprint density at radius 2 is 2.09 bits per heavy atom. The van der Waals surface area contributed by atoms with E-state index < -0.39 is 11.7 Å². The van der Waals surface area contributed by atoms with Crippen molar-refractivity contribution < 1.29 is 19.0 Å². The van der Waals surface area contributed by atoms with Gasteiger partial charge in [0.2, 0.25) is 0 Å². The second-order valence-corrected chi connectivity index (χ2v) is 8.68. The molecule has 0 bridgehead atoms. The highest BCUT2D eigenvalue weighted by Gasteiger charge is 2.29. The summed E-state index contributed by atoms with van der Waals surface area (Å²) in [4.78, 5) is 14.7. The van der Waals surface area contributed by atoms with Gasteiger partial charge in [0, 0.05) is 34.5 Å². The Morgan fingerprint density at radius 1 is 1.28 bits per heavy atom. The van der Waals surface area contributed by atoms with E-state index in [9.17, 15) is 4.79 Å². The number of aromatic amines is 1. The van der Waals surface area contributed by atoms with Gasteiger partial charge in [-0.05, 0) is 45.4 Å². The first-order valence-corrected chi connectivity index (χ1v) is 10.9. The molecule has 0 aliphatic carbocycles. The van der Waals surface area contributed by atoms with Gasteiger partial charge >= 0.3 is 6.09 Å². The van der Waals surface area contributed by atoms with Crippen molar-refractivity contribution in [2.45, 2.75) is 32.8 Å². The van der Waals surface area contributed by atoms with Crippen molar-refractivity contribution in [1.82, 2.24) is 10.2 Å². The molecule has 0 saturated carbocycles. The number of H-pyrrole nitrogens is 1. The number of fused-ring (bicyclic) bond motifs is 1. The number of rotatable bonds is 5. The number of anilines is 1. The number of halogens is 1. The summed E-state index contributed by atoms with van der Waals surface area (Å²) in [5.41, 5.74) is 2.55. The van der Waals surface area contributed by atoms with Gasteiger partial charge in [0.1, 0.15) is 18.0 Å². The summed E-state index contributed by atoms with van der Waals surface area (Å²) in [7, 11) is 0. The molecular formula is C24H26ClN3O4. The van der Waals surface area contributed by atoms with Crippen molar-refractivity contribution in [1.29, 1.82) is 0 Å². The molecule has 0 unspecified atom stereocenters. The van der Waals surface area contributed by atoms with E-state index >= 15 is 0 Å². The van der Waals surface area contributed by atoms with E-state index in [2.05, 4.69) is 10.2 Å². The second-order valence-electron chi connectivity index (χ2n) is 8.27. The highest BCUT2D eigenvalue weighted by Crippen LogP contribution is 2.40. The Labute approximate surface area is 192 Å². The van der Waals surface area contributed by atoms with E-state index in [1.54, 1.807) is 17.3 Å². The number of para-hydroxylation sites is 1. The lowest BCUT2D eigenvalue weighted by molar-refractivity contribution is 0.0282. The van der Waals surface area contributed by atoms with Crippen LogP contribution in [0, 0.1) is 6.92 Å². The van der Waals surface area contributed by atoms with Gasteiger partial charge in [0.15, 0.2) is 5.75 Å². The van der Waals surface area contributed by atoms with Crippen LogP contribution in [0.5, 0.6) is 11.5 Å². The molecule has 2 aromatic carbocycles. The van der Waals surface area contributed by atoms with Crippen LogP contribution in [-0.4, -0.2) is 41.7 Å². The maximum atomic E-state index is 13.1. The van der Waals surface area contributed by atoms with Gasteiger partial charge in [-0.15, -0.1) is 0 Å². The molecule has 7 nitrogen and oxygen atoms in total. The Balaban J connectivity index is 1.50. The van der Waals surface area contributed by atoms with E-state index in [1.165, 1.54) is 0 Å². The Hall–Kier alpha value is -3.19. The normalized spacial score (nSPS) is 13.7. The molecule has 32 heavy (non-hydrogen) atoms. The van der Waals surface area contributed by atoms with Crippen LogP contribution in [0.1, 0.15) is 25.8 Å². The summed E-state index contributed by atoms with van der Waals surface area (Å²) in [6.07, 6.45) is 3.77. The number of carbonyl (C=O) groups excluding carboxylic acids is 1. The van der Waals surface area contributed by atoms with Gasteiger partial charge in [0.05, 0.1) is 18.5 Å². The molecule has 1 amide bonds. The zero-order valence-corrected chi connectivity index (χ0v) is 19.1. The van der Waals surface area contributed by atoms with Crippen LogP contribution in [0.4, 0.5) is 10.5 Å². The van der Waals surface area contributed by atoms with Gasteiger partial charge in [-0.2, -0.15) is 5.10 Å². The van der Waals surface area contributed by atoms with Crippen LogP contribution in [-0.2, 0) is 4.74 Å². The van der Waals surface area contributed by atoms with E-state index in [0.717, 1.165) is 16.7 Å². The van der Waals surface area contributed by atoms with Crippen molar-refractivity contribution >= 4 is 23.4 Å². The summed E-state index contributed by atoms with van der Waals surface area (Å²) in [5, 5.41) is 7.46. The highest BCUT2D eigenvalue weighted by atomic mass is 35.5. The molecule has 0 spiro atoms. The average Bonchev–Trinajstić information content (AvgIpc) is 3.21. The van der Waals surface area contributed by atoms with E-state index in [0.29, 0.717) is 41.8 Å². The van der Waals surface area contributed by atoms with Crippen molar-refractivity contribution in [3.05, 3.63) is 59.4 Å². The summed E-state index contributed by atoms with van der Waals surface area (Å²) in [6.45, 7) is 6.72. The topological polar surface area (TPSA) is 76.7 Å². The van der Waals surface area contributed by atoms with E-state index in [-0.39, 0.29) is 6.61 Å². The molecule has 1 aliphatic heterocycles. The number of hydrogen-bond acceptors (Lipinski definition) is 5. The molecule has 0 radical (unpaired) electrons. The lowest BCUT2D eigenvalue weighted by atomic mass is 10.1. The molecule has 2 heterocycles. The van der Waals surface area contributed by atoms with Crippen LogP contribution in [0.2, 0.25) is 5.02 Å². The number of aromatic nitrogens is 2. The molecule has 1 N–H and O–H groups in total. The van der Waals surface area contributed by atoms with Gasteiger partial charge in [0.25, 0.3) is 0 Å². The number of nitrogens with zero attached hydrogens (tertiary/aromatic N) is 2. The van der Waals surface area contributed by atoms with Crippen molar-refractivity contribution in [3.63, 3.8) is 0 Å². The maximum absolute atomic E-state index is 13.1. The number of ether oxygens (including phenoxy) is 3. The lowest BCUT2D eigenvalue weighted by Gasteiger charge is -2.29. The summed E-state index contributed by atoms with van der Waals surface area (Å²) < 4.78 is 17.8. The van der Waals surface area contributed by atoms with Crippen molar-refractivity contribution in [3.8, 4) is 22.6 Å². The molecule has 0 atom stereocenters. The van der Waals surface area contributed by atoms with E-state index in [4.69, 9.17) is 25.8 Å². The molecular weight excluding hydrogens is 430 g/mol. The molecule has 0 saturated heterocycles. The Bertz CT molecular complexity index is 1100. The smallest absolute Gasteiger partial charge is 0.414 e. The summed E-state index contributed by atoms with van der Waals surface area (Å²) >= 11 is 6.20. The Kier molecular flexibility index (Phi) is 6.28. The quantitative estimate of drug-likeness (QED) is 0.540. The molecule has 1 aliphatic rings. The van der Waals surface area contributed by atoms with Crippen molar-refractivity contribution in [2.24, 2.45) is 0 Å². The van der Waals surface area contributed by atoms with Crippen LogP contribution in [0.3, 0.4) is 0 Å². The number of hydrogen-bond donors (Lipinski definition) is 1. The fraction of sp³-hybridized carbons (Fsp3) is 0.333. The number of benzene rings is 2.